The maximum absolute atomic E-state index is 9.85. The monoisotopic (exact) mass is 246 g/mol. The van der Waals surface area contributed by atoms with E-state index in [9.17, 15) is 10.2 Å². The fraction of sp³-hybridized carbons (Fsp3) is 0.900. The summed E-state index contributed by atoms with van der Waals surface area (Å²) in [4.78, 5) is 4.12. The Morgan fingerprint density at radius 1 is 1.35 bits per heavy atom. The molecule has 0 spiro atoms. The summed E-state index contributed by atoms with van der Waals surface area (Å²) in [5.41, 5.74) is 0. The summed E-state index contributed by atoms with van der Waals surface area (Å²) in [6.07, 6.45) is -2.86. The molecule has 2 saturated heterocycles. The number of hydrogen-bond donors (Lipinski definition) is 4. The highest BCUT2D eigenvalue weighted by Crippen LogP contribution is 2.25. The molecule has 0 saturated carbocycles. The number of aliphatic hydroxyl groups excluding tert-OH is 3. The minimum atomic E-state index is -1.14. The molecular weight excluding hydrogens is 228 g/mol. The fourth-order valence-electron chi connectivity index (χ4n) is 1.92. The van der Waals surface area contributed by atoms with E-state index in [4.69, 9.17) is 14.6 Å². The van der Waals surface area contributed by atoms with Crippen molar-refractivity contribution in [2.45, 2.75) is 44.0 Å². The van der Waals surface area contributed by atoms with Crippen LogP contribution >= 0.6 is 0 Å². The van der Waals surface area contributed by atoms with Gasteiger partial charge >= 0.3 is 0 Å². The summed E-state index contributed by atoms with van der Waals surface area (Å²) in [5, 5.41) is 31.4. The van der Waals surface area contributed by atoms with Gasteiger partial charge in [0.15, 0.2) is 0 Å². The molecule has 98 valence electrons. The highest BCUT2D eigenvalue weighted by atomic mass is 16.7. The summed E-state index contributed by atoms with van der Waals surface area (Å²) in [6, 6.07) is -0.241. The zero-order chi connectivity index (χ0) is 12.4. The van der Waals surface area contributed by atoms with Crippen molar-refractivity contribution in [3.63, 3.8) is 0 Å². The summed E-state index contributed by atoms with van der Waals surface area (Å²) in [7, 11) is 0. The topological polar surface area (TPSA) is 104 Å². The lowest BCUT2D eigenvalue weighted by Crippen LogP contribution is -2.60. The van der Waals surface area contributed by atoms with Gasteiger partial charge in [-0.2, -0.15) is 0 Å². The highest BCUT2D eigenvalue weighted by Gasteiger charge is 2.49. The molecule has 17 heavy (non-hydrogen) atoms. The third-order valence-corrected chi connectivity index (χ3v) is 2.88. The van der Waals surface area contributed by atoms with E-state index in [1.807, 2.05) is 6.92 Å². The molecule has 0 unspecified atom stereocenters. The van der Waals surface area contributed by atoms with Gasteiger partial charge in [-0.3, -0.25) is 0 Å². The van der Waals surface area contributed by atoms with Crippen molar-refractivity contribution in [3.05, 3.63) is 0 Å². The quantitative estimate of drug-likeness (QED) is 0.467. The van der Waals surface area contributed by atoms with Crippen molar-refractivity contribution in [2.24, 2.45) is 4.99 Å². The maximum atomic E-state index is 9.85. The maximum Gasteiger partial charge on any atom is 0.287 e. The van der Waals surface area contributed by atoms with Gasteiger partial charge in [-0.05, 0) is 6.42 Å². The first-order valence-corrected chi connectivity index (χ1v) is 5.77. The zero-order valence-electron chi connectivity index (χ0n) is 9.61. The predicted molar refractivity (Wildman–Crippen MR) is 58.4 cm³/mol. The molecule has 0 aromatic heterocycles. The molecule has 2 rings (SSSR count). The van der Waals surface area contributed by atoms with Crippen molar-refractivity contribution >= 4 is 6.02 Å². The Labute approximate surface area is 99.1 Å². The van der Waals surface area contributed by atoms with E-state index in [1.54, 1.807) is 0 Å². The predicted octanol–water partition coefficient (Wildman–Crippen LogP) is -1.82. The summed E-state index contributed by atoms with van der Waals surface area (Å²) < 4.78 is 10.7. The summed E-state index contributed by atoms with van der Waals surface area (Å²) in [5.74, 6) is 0. The number of nitrogens with zero attached hydrogens (tertiary/aromatic N) is 1. The molecule has 0 aromatic carbocycles. The van der Waals surface area contributed by atoms with Crippen LogP contribution in [0.4, 0.5) is 0 Å². The molecular formula is C10H18N2O5. The minimum absolute atomic E-state index is 0.312. The standard InChI is InChI=1S/C10H18N2O5/c1-2-3-11-10-12-6-8(15)7(14)5(4-13)16-9(6)17-10/h5-9,13-15H,2-4H2,1H3,(H,11,12)/t5-,6-,7-,8-,9-/m1/s1. The second-order valence-corrected chi connectivity index (χ2v) is 4.18. The Hall–Kier alpha value is -0.890. The third kappa shape index (κ3) is 2.37. The first kappa shape index (κ1) is 12.6. The van der Waals surface area contributed by atoms with Gasteiger partial charge in [0, 0.05) is 6.54 Å². The van der Waals surface area contributed by atoms with Gasteiger partial charge in [-0.15, -0.1) is 0 Å². The van der Waals surface area contributed by atoms with Crippen LogP contribution in [0.15, 0.2) is 4.99 Å². The zero-order valence-corrected chi connectivity index (χ0v) is 9.61. The van der Waals surface area contributed by atoms with Crippen LogP contribution in [0.25, 0.3) is 0 Å². The van der Waals surface area contributed by atoms with E-state index in [2.05, 4.69) is 10.3 Å². The van der Waals surface area contributed by atoms with Gasteiger partial charge < -0.3 is 30.1 Å². The van der Waals surface area contributed by atoms with Crippen LogP contribution in [-0.4, -0.2) is 65.1 Å². The smallest absolute Gasteiger partial charge is 0.287 e. The van der Waals surface area contributed by atoms with E-state index in [0.717, 1.165) is 6.42 Å². The van der Waals surface area contributed by atoms with Crippen LogP contribution in [0.3, 0.4) is 0 Å². The van der Waals surface area contributed by atoms with Crippen molar-refractivity contribution in [1.29, 1.82) is 0 Å². The normalized spacial score (nSPS) is 43.1. The van der Waals surface area contributed by atoms with Crippen LogP contribution in [0.2, 0.25) is 0 Å². The van der Waals surface area contributed by atoms with Crippen molar-refractivity contribution in [3.8, 4) is 0 Å². The van der Waals surface area contributed by atoms with E-state index < -0.39 is 30.6 Å². The molecule has 7 nitrogen and oxygen atoms in total. The molecule has 7 heteroatoms. The van der Waals surface area contributed by atoms with Gasteiger partial charge in [0.1, 0.15) is 24.4 Å². The third-order valence-electron chi connectivity index (χ3n) is 2.88. The average Bonchev–Trinajstić information content (AvgIpc) is 2.74. The molecule has 2 aliphatic heterocycles. The van der Waals surface area contributed by atoms with Gasteiger partial charge in [-0.25, -0.2) is 4.99 Å². The second kappa shape index (κ2) is 5.18. The number of rotatable bonds is 3. The molecule has 5 atom stereocenters. The van der Waals surface area contributed by atoms with Gasteiger partial charge in [0.25, 0.3) is 6.02 Å². The average molecular weight is 246 g/mol. The molecule has 4 N–H and O–H groups in total. The first-order chi connectivity index (χ1) is 8.17. The molecule has 0 amide bonds. The van der Waals surface area contributed by atoms with E-state index >= 15 is 0 Å². The van der Waals surface area contributed by atoms with Crippen LogP contribution in [0.5, 0.6) is 0 Å². The van der Waals surface area contributed by atoms with Crippen LogP contribution < -0.4 is 5.32 Å². The number of hydrogen-bond acceptors (Lipinski definition) is 6. The summed E-state index contributed by atoms with van der Waals surface area (Å²) >= 11 is 0. The van der Waals surface area contributed by atoms with E-state index in [-0.39, 0.29) is 6.61 Å². The van der Waals surface area contributed by atoms with Gasteiger partial charge in [0.2, 0.25) is 6.29 Å². The molecule has 0 aliphatic carbocycles. The fourth-order valence-corrected chi connectivity index (χ4v) is 1.92. The van der Waals surface area contributed by atoms with Crippen LogP contribution in [0.1, 0.15) is 13.3 Å². The lowest BCUT2D eigenvalue weighted by Gasteiger charge is -2.36. The van der Waals surface area contributed by atoms with Crippen molar-refractivity contribution in [2.75, 3.05) is 13.2 Å². The van der Waals surface area contributed by atoms with Crippen LogP contribution in [-0.2, 0) is 9.47 Å². The number of aliphatic imine (C=N–C) groups is 1. The lowest BCUT2D eigenvalue weighted by molar-refractivity contribution is -0.233. The highest BCUT2D eigenvalue weighted by molar-refractivity contribution is 5.76. The van der Waals surface area contributed by atoms with Crippen molar-refractivity contribution in [1.82, 2.24) is 5.32 Å². The molecule has 2 heterocycles. The number of amidine groups is 1. The van der Waals surface area contributed by atoms with Gasteiger partial charge in [0.05, 0.1) is 6.61 Å². The molecule has 0 aromatic rings. The van der Waals surface area contributed by atoms with Crippen molar-refractivity contribution < 1.29 is 24.8 Å². The second-order valence-electron chi connectivity index (χ2n) is 4.18. The summed E-state index contributed by atoms with van der Waals surface area (Å²) in [6.45, 7) is 2.24. The lowest BCUT2D eigenvalue weighted by atomic mass is 9.98. The molecule has 0 radical (unpaired) electrons. The number of ether oxygens (including phenoxy) is 2. The van der Waals surface area contributed by atoms with E-state index in [0.29, 0.717) is 12.6 Å². The Kier molecular flexibility index (Phi) is 3.82. The molecule has 0 bridgehead atoms. The Bertz CT molecular complexity index is 298. The molecule has 2 aliphatic rings. The largest absolute Gasteiger partial charge is 0.433 e. The Morgan fingerprint density at radius 3 is 2.76 bits per heavy atom. The number of aliphatic hydroxyl groups is 3. The number of nitrogens with one attached hydrogen (secondary N) is 1. The molecule has 2 fully saturated rings. The SMILES string of the molecule is CCCN=C1N[C@H]2[C@@H](O1)O[C@H](CO)[C@@H](O)[C@@H]2O. The van der Waals surface area contributed by atoms with Crippen LogP contribution in [0, 0.1) is 0 Å². The first-order valence-electron chi connectivity index (χ1n) is 5.77. The minimum Gasteiger partial charge on any atom is -0.433 e. The van der Waals surface area contributed by atoms with E-state index in [1.165, 1.54) is 0 Å². The number of fused-ring (bicyclic) bond motifs is 1. The Morgan fingerprint density at radius 2 is 2.12 bits per heavy atom. The van der Waals surface area contributed by atoms with Gasteiger partial charge in [-0.1, -0.05) is 6.92 Å². The Balaban J connectivity index is 2.04.